The minimum absolute atomic E-state index is 0.248. The van der Waals surface area contributed by atoms with E-state index in [9.17, 15) is 0 Å². The summed E-state index contributed by atoms with van der Waals surface area (Å²) in [5, 5.41) is 4.66. The van der Waals surface area contributed by atoms with Crippen LogP contribution in [-0.4, -0.2) is 15.4 Å². The molecule has 4 rings (SSSR count). The zero-order valence-electron chi connectivity index (χ0n) is 14.2. The summed E-state index contributed by atoms with van der Waals surface area (Å²) >= 11 is 0. The highest BCUT2D eigenvalue weighted by Crippen LogP contribution is 2.34. The molecule has 0 saturated heterocycles. The van der Waals surface area contributed by atoms with Crippen molar-refractivity contribution in [1.82, 2.24) is 9.78 Å². The lowest BCUT2D eigenvalue weighted by atomic mass is 9.99. The Morgan fingerprint density at radius 1 is 0.958 bits per heavy atom. The molecule has 3 heteroatoms. The van der Waals surface area contributed by atoms with Gasteiger partial charge in [-0.2, -0.15) is 5.10 Å². The maximum absolute atomic E-state index is 6.01. The van der Waals surface area contributed by atoms with Crippen LogP contribution in [0.15, 0.2) is 60.7 Å². The van der Waals surface area contributed by atoms with E-state index < -0.39 is 0 Å². The van der Waals surface area contributed by atoms with Crippen molar-refractivity contribution in [3.8, 4) is 28.3 Å². The van der Waals surface area contributed by atoms with Gasteiger partial charge in [-0.25, -0.2) is 0 Å². The molecule has 2 aromatic carbocycles. The molecule has 0 fully saturated rings. The second kappa shape index (κ2) is 5.38. The molecule has 24 heavy (non-hydrogen) atoms. The molecule has 0 unspecified atom stereocenters. The predicted octanol–water partition coefficient (Wildman–Crippen LogP) is 4.94. The van der Waals surface area contributed by atoms with Crippen LogP contribution in [0.1, 0.15) is 19.4 Å². The molecule has 1 aromatic heterocycles. The van der Waals surface area contributed by atoms with Crippen molar-refractivity contribution >= 4 is 6.08 Å². The van der Waals surface area contributed by atoms with E-state index >= 15 is 0 Å². The van der Waals surface area contributed by atoms with Crippen LogP contribution < -0.4 is 4.74 Å². The van der Waals surface area contributed by atoms with Crippen LogP contribution in [0.2, 0.25) is 0 Å². The number of hydrogen-bond acceptors (Lipinski definition) is 2. The second-order valence-corrected chi connectivity index (χ2v) is 6.70. The van der Waals surface area contributed by atoms with Gasteiger partial charge in [0.15, 0.2) is 0 Å². The van der Waals surface area contributed by atoms with Crippen LogP contribution in [0.4, 0.5) is 0 Å². The van der Waals surface area contributed by atoms with E-state index in [1.165, 1.54) is 0 Å². The van der Waals surface area contributed by atoms with Crippen molar-refractivity contribution in [2.45, 2.75) is 19.4 Å². The van der Waals surface area contributed by atoms with Gasteiger partial charge in [0.1, 0.15) is 11.4 Å². The molecule has 0 atom stereocenters. The first kappa shape index (κ1) is 14.8. The molecule has 1 aliphatic rings. The van der Waals surface area contributed by atoms with E-state index in [0.717, 1.165) is 33.8 Å². The number of nitrogens with zero attached hydrogens (tertiary/aromatic N) is 2. The van der Waals surface area contributed by atoms with Gasteiger partial charge in [0.25, 0.3) is 0 Å². The lowest BCUT2D eigenvalue weighted by Gasteiger charge is -2.28. The third-order valence-electron chi connectivity index (χ3n) is 4.29. The van der Waals surface area contributed by atoms with E-state index in [-0.39, 0.29) is 5.60 Å². The molecule has 0 bridgehead atoms. The first-order valence-corrected chi connectivity index (χ1v) is 8.14. The molecule has 3 nitrogen and oxygen atoms in total. The van der Waals surface area contributed by atoms with Gasteiger partial charge in [0, 0.05) is 23.7 Å². The summed E-state index contributed by atoms with van der Waals surface area (Å²) < 4.78 is 7.94. The molecule has 0 aliphatic carbocycles. The summed E-state index contributed by atoms with van der Waals surface area (Å²) in [6, 6.07) is 18.7. The molecule has 0 spiro atoms. The van der Waals surface area contributed by atoms with E-state index in [0.29, 0.717) is 0 Å². The SMILES string of the molecule is Cn1nc(-c2ccccc2)cc1-c1ccc2c(c1)C=CC(C)(C)O2. The number of benzene rings is 2. The van der Waals surface area contributed by atoms with Crippen molar-refractivity contribution in [2.24, 2.45) is 7.05 Å². The molecular weight excluding hydrogens is 296 g/mol. The second-order valence-electron chi connectivity index (χ2n) is 6.70. The summed E-state index contributed by atoms with van der Waals surface area (Å²) in [5.41, 5.74) is 5.20. The van der Waals surface area contributed by atoms with Crippen LogP contribution in [-0.2, 0) is 7.05 Å². The van der Waals surface area contributed by atoms with Crippen LogP contribution >= 0.6 is 0 Å². The minimum atomic E-state index is -0.248. The fourth-order valence-electron chi connectivity index (χ4n) is 3.03. The molecular formula is C21H20N2O. The van der Waals surface area contributed by atoms with Crippen LogP contribution in [0.5, 0.6) is 5.75 Å². The number of aromatic nitrogens is 2. The summed E-state index contributed by atoms with van der Waals surface area (Å²) in [7, 11) is 1.98. The van der Waals surface area contributed by atoms with Gasteiger partial charge in [0.2, 0.25) is 0 Å². The number of rotatable bonds is 2. The number of aryl methyl sites for hydroxylation is 1. The number of hydrogen-bond donors (Lipinski definition) is 0. The van der Waals surface area contributed by atoms with E-state index in [1.807, 2.05) is 36.0 Å². The lowest BCUT2D eigenvalue weighted by molar-refractivity contribution is 0.159. The zero-order chi connectivity index (χ0) is 16.7. The topological polar surface area (TPSA) is 27.1 Å². The normalized spacial score (nSPS) is 15.0. The van der Waals surface area contributed by atoms with Crippen molar-refractivity contribution < 1.29 is 4.74 Å². The van der Waals surface area contributed by atoms with Crippen LogP contribution in [0, 0.1) is 0 Å². The van der Waals surface area contributed by atoms with Gasteiger partial charge in [-0.1, -0.05) is 36.4 Å². The lowest BCUT2D eigenvalue weighted by Crippen LogP contribution is -2.27. The molecule has 2 heterocycles. The fraction of sp³-hybridized carbons (Fsp3) is 0.190. The molecule has 0 N–H and O–H groups in total. The zero-order valence-corrected chi connectivity index (χ0v) is 14.2. The van der Waals surface area contributed by atoms with Crippen LogP contribution in [0.25, 0.3) is 28.6 Å². The minimum Gasteiger partial charge on any atom is -0.483 e. The quantitative estimate of drug-likeness (QED) is 0.669. The smallest absolute Gasteiger partial charge is 0.127 e. The average Bonchev–Trinajstić information content (AvgIpc) is 2.96. The van der Waals surface area contributed by atoms with Crippen LogP contribution in [0.3, 0.4) is 0 Å². The number of fused-ring (bicyclic) bond motifs is 1. The fourth-order valence-corrected chi connectivity index (χ4v) is 3.03. The van der Waals surface area contributed by atoms with Crippen molar-refractivity contribution in [3.63, 3.8) is 0 Å². The molecule has 0 radical (unpaired) electrons. The van der Waals surface area contributed by atoms with Crippen molar-refractivity contribution in [1.29, 1.82) is 0 Å². The molecule has 120 valence electrons. The third kappa shape index (κ3) is 2.62. The van der Waals surface area contributed by atoms with E-state index in [2.05, 4.69) is 61.4 Å². The van der Waals surface area contributed by atoms with Gasteiger partial charge < -0.3 is 4.74 Å². The Morgan fingerprint density at radius 3 is 2.54 bits per heavy atom. The summed E-state index contributed by atoms with van der Waals surface area (Å²) in [6.07, 6.45) is 4.23. The summed E-state index contributed by atoms with van der Waals surface area (Å²) in [6.45, 7) is 4.13. The van der Waals surface area contributed by atoms with Crippen molar-refractivity contribution in [3.05, 3.63) is 66.2 Å². The molecule has 3 aromatic rings. The van der Waals surface area contributed by atoms with Gasteiger partial charge in [0.05, 0.1) is 11.4 Å². The first-order chi connectivity index (χ1) is 11.5. The van der Waals surface area contributed by atoms with Gasteiger partial charge in [-0.3, -0.25) is 4.68 Å². The van der Waals surface area contributed by atoms with Crippen molar-refractivity contribution in [2.75, 3.05) is 0 Å². The highest BCUT2D eigenvalue weighted by Gasteiger charge is 2.22. The Balaban J connectivity index is 1.74. The van der Waals surface area contributed by atoms with Gasteiger partial charge >= 0.3 is 0 Å². The van der Waals surface area contributed by atoms with Gasteiger partial charge in [-0.05, 0) is 44.2 Å². The summed E-state index contributed by atoms with van der Waals surface area (Å²) in [5.74, 6) is 0.928. The highest BCUT2D eigenvalue weighted by atomic mass is 16.5. The molecule has 0 amide bonds. The largest absolute Gasteiger partial charge is 0.483 e. The highest BCUT2D eigenvalue weighted by molar-refractivity contribution is 5.73. The van der Waals surface area contributed by atoms with E-state index in [4.69, 9.17) is 4.74 Å². The Morgan fingerprint density at radius 2 is 1.75 bits per heavy atom. The Hall–Kier alpha value is -2.81. The predicted molar refractivity (Wildman–Crippen MR) is 97.8 cm³/mol. The maximum Gasteiger partial charge on any atom is 0.127 e. The Labute approximate surface area is 142 Å². The third-order valence-corrected chi connectivity index (χ3v) is 4.29. The van der Waals surface area contributed by atoms with E-state index in [1.54, 1.807) is 0 Å². The average molecular weight is 316 g/mol. The standard InChI is InChI=1S/C21H20N2O/c1-21(2)12-11-17-13-16(9-10-20(17)24-21)19-14-18(22-23(19)3)15-7-5-4-6-8-15/h4-14H,1-3H3. The Kier molecular flexibility index (Phi) is 3.31. The Bertz CT molecular complexity index is 920. The summed E-state index contributed by atoms with van der Waals surface area (Å²) in [4.78, 5) is 0. The number of ether oxygens (including phenoxy) is 1. The molecule has 0 saturated carbocycles. The maximum atomic E-state index is 6.01. The first-order valence-electron chi connectivity index (χ1n) is 8.14. The molecule has 1 aliphatic heterocycles. The monoisotopic (exact) mass is 316 g/mol. The van der Waals surface area contributed by atoms with Gasteiger partial charge in [-0.15, -0.1) is 0 Å².